The van der Waals surface area contributed by atoms with Crippen LogP contribution in [0.2, 0.25) is 0 Å². The quantitative estimate of drug-likeness (QED) is 0.864. The van der Waals surface area contributed by atoms with E-state index in [9.17, 15) is 4.79 Å². The standard InChI is InChI=1S/C20H29N3O2/c24-20(22-16-10-12-23-11-4-6-17(23)13-16)21-14-15-5-1-2-9-19(15)25-18-7-3-8-18/h1-2,5,9,16-18H,3-4,6-8,10-14H2,(H2,21,22,24)/t16-,17-/m1/s1. The summed E-state index contributed by atoms with van der Waals surface area (Å²) in [6.45, 7) is 2.87. The number of nitrogens with zero attached hydrogens (tertiary/aromatic N) is 1. The van der Waals surface area contributed by atoms with Crippen LogP contribution in [0.25, 0.3) is 0 Å². The van der Waals surface area contributed by atoms with Crippen molar-refractivity contribution in [2.45, 2.75) is 69.7 Å². The molecule has 1 saturated carbocycles. The highest BCUT2D eigenvalue weighted by Gasteiger charge is 2.32. The van der Waals surface area contributed by atoms with Crippen molar-refractivity contribution in [3.63, 3.8) is 0 Å². The Hall–Kier alpha value is -1.75. The van der Waals surface area contributed by atoms with Gasteiger partial charge in [-0.15, -0.1) is 0 Å². The lowest BCUT2D eigenvalue weighted by Gasteiger charge is -2.35. The molecule has 25 heavy (non-hydrogen) atoms. The molecule has 2 aliphatic heterocycles. The molecule has 1 aliphatic carbocycles. The van der Waals surface area contributed by atoms with Gasteiger partial charge in [-0.25, -0.2) is 4.79 Å². The summed E-state index contributed by atoms with van der Waals surface area (Å²) in [5.74, 6) is 0.909. The third kappa shape index (κ3) is 4.09. The average Bonchev–Trinajstić information content (AvgIpc) is 3.05. The smallest absolute Gasteiger partial charge is 0.315 e. The zero-order valence-electron chi connectivity index (χ0n) is 14.9. The van der Waals surface area contributed by atoms with Gasteiger partial charge in [0.05, 0.1) is 6.10 Å². The van der Waals surface area contributed by atoms with Crippen LogP contribution in [0.1, 0.15) is 50.5 Å². The van der Waals surface area contributed by atoms with E-state index in [1.54, 1.807) is 0 Å². The molecule has 5 nitrogen and oxygen atoms in total. The summed E-state index contributed by atoms with van der Waals surface area (Å²) in [6, 6.07) is 8.95. The number of hydrogen-bond acceptors (Lipinski definition) is 3. The molecule has 5 heteroatoms. The summed E-state index contributed by atoms with van der Waals surface area (Å²) in [6.07, 6.45) is 8.64. The molecule has 1 aromatic rings. The number of piperidine rings is 1. The second-order valence-corrected chi connectivity index (χ2v) is 7.66. The van der Waals surface area contributed by atoms with Crippen LogP contribution < -0.4 is 15.4 Å². The first kappa shape index (κ1) is 16.7. The van der Waals surface area contributed by atoms with Gasteiger partial charge in [-0.05, 0) is 57.6 Å². The Balaban J connectivity index is 1.26. The first-order valence-corrected chi connectivity index (χ1v) is 9.81. The molecule has 1 aromatic carbocycles. The Morgan fingerprint density at radius 1 is 1.12 bits per heavy atom. The molecule has 0 spiro atoms. The molecule has 2 heterocycles. The maximum Gasteiger partial charge on any atom is 0.315 e. The predicted octanol–water partition coefficient (Wildman–Crippen LogP) is 3.04. The van der Waals surface area contributed by atoms with Crippen molar-refractivity contribution in [2.75, 3.05) is 13.1 Å². The number of rotatable bonds is 5. The average molecular weight is 343 g/mol. The summed E-state index contributed by atoms with van der Waals surface area (Å²) in [5, 5.41) is 6.18. The molecule has 3 fully saturated rings. The van der Waals surface area contributed by atoms with Crippen molar-refractivity contribution in [1.82, 2.24) is 15.5 Å². The fraction of sp³-hybridized carbons (Fsp3) is 0.650. The summed E-state index contributed by atoms with van der Waals surface area (Å²) in [7, 11) is 0. The summed E-state index contributed by atoms with van der Waals surface area (Å²) in [5.41, 5.74) is 1.05. The van der Waals surface area contributed by atoms with Crippen LogP contribution >= 0.6 is 0 Å². The van der Waals surface area contributed by atoms with Crippen molar-refractivity contribution in [1.29, 1.82) is 0 Å². The zero-order valence-corrected chi connectivity index (χ0v) is 14.9. The molecular weight excluding hydrogens is 314 g/mol. The van der Waals surface area contributed by atoms with Gasteiger partial charge in [0.15, 0.2) is 0 Å². The summed E-state index contributed by atoms with van der Waals surface area (Å²) in [4.78, 5) is 14.9. The van der Waals surface area contributed by atoms with Crippen LogP contribution in [0.15, 0.2) is 24.3 Å². The van der Waals surface area contributed by atoms with Gasteiger partial charge in [-0.2, -0.15) is 0 Å². The second kappa shape index (κ2) is 7.65. The Morgan fingerprint density at radius 3 is 2.84 bits per heavy atom. The predicted molar refractivity (Wildman–Crippen MR) is 97.7 cm³/mol. The van der Waals surface area contributed by atoms with Crippen LogP contribution in [0.4, 0.5) is 4.79 Å². The van der Waals surface area contributed by atoms with E-state index in [0.717, 1.165) is 43.5 Å². The first-order valence-electron chi connectivity index (χ1n) is 9.81. The van der Waals surface area contributed by atoms with E-state index in [1.165, 1.54) is 25.8 Å². The number of amides is 2. The molecule has 2 amide bonds. The molecule has 136 valence electrons. The van der Waals surface area contributed by atoms with Gasteiger partial charge in [-0.1, -0.05) is 18.2 Å². The van der Waals surface area contributed by atoms with E-state index in [4.69, 9.17) is 4.74 Å². The van der Waals surface area contributed by atoms with Gasteiger partial charge in [0.1, 0.15) is 5.75 Å². The van der Waals surface area contributed by atoms with Gasteiger partial charge in [0.25, 0.3) is 0 Å². The molecule has 2 atom stereocenters. The van der Waals surface area contributed by atoms with Crippen LogP contribution in [-0.4, -0.2) is 42.2 Å². The van der Waals surface area contributed by atoms with Gasteiger partial charge >= 0.3 is 6.03 Å². The van der Waals surface area contributed by atoms with E-state index in [0.29, 0.717) is 24.7 Å². The van der Waals surface area contributed by atoms with Crippen molar-refractivity contribution in [3.05, 3.63) is 29.8 Å². The number of ether oxygens (including phenoxy) is 1. The monoisotopic (exact) mass is 343 g/mol. The first-order chi connectivity index (χ1) is 12.3. The minimum Gasteiger partial charge on any atom is -0.490 e. The van der Waals surface area contributed by atoms with E-state index in [2.05, 4.69) is 15.5 Å². The van der Waals surface area contributed by atoms with Crippen molar-refractivity contribution in [2.24, 2.45) is 0 Å². The molecule has 2 saturated heterocycles. The van der Waals surface area contributed by atoms with Gasteiger partial charge in [-0.3, -0.25) is 0 Å². The van der Waals surface area contributed by atoms with Gasteiger partial charge in [0, 0.05) is 30.7 Å². The number of urea groups is 1. The summed E-state index contributed by atoms with van der Waals surface area (Å²) >= 11 is 0. The van der Waals surface area contributed by atoms with Crippen LogP contribution in [0, 0.1) is 0 Å². The summed E-state index contributed by atoms with van der Waals surface area (Å²) < 4.78 is 6.03. The van der Waals surface area contributed by atoms with Crippen LogP contribution in [-0.2, 0) is 6.54 Å². The Bertz CT molecular complexity index is 602. The molecule has 4 rings (SSSR count). The van der Waals surface area contributed by atoms with Gasteiger partial charge < -0.3 is 20.3 Å². The number of carbonyl (C=O) groups excluding carboxylic acids is 1. The van der Waals surface area contributed by atoms with Crippen molar-refractivity contribution >= 4 is 6.03 Å². The largest absolute Gasteiger partial charge is 0.490 e. The number of hydrogen-bond donors (Lipinski definition) is 2. The number of carbonyl (C=O) groups is 1. The fourth-order valence-electron chi connectivity index (χ4n) is 4.20. The Labute approximate surface area is 150 Å². The topological polar surface area (TPSA) is 53.6 Å². The third-order valence-electron chi connectivity index (χ3n) is 5.91. The third-order valence-corrected chi connectivity index (χ3v) is 5.91. The lowest BCUT2D eigenvalue weighted by molar-refractivity contribution is 0.119. The highest BCUT2D eigenvalue weighted by atomic mass is 16.5. The van der Waals surface area contributed by atoms with Gasteiger partial charge in [0.2, 0.25) is 0 Å². The molecule has 0 radical (unpaired) electrons. The maximum absolute atomic E-state index is 12.3. The highest BCUT2D eigenvalue weighted by molar-refractivity contribution is 5.74. The number of para-hydroxylation sites is 1. The lowest BCUT2D eigenvalue weighted by Crippen LogP contribution is -2.49. The molecular formula is C20H29N3O2. The Morgan fingerprint density at radius 2 is 2.00 bits per heavy atom. The van der Waals surface area contributed by atoms with Crippen molar-refractivity contribution in [3.8, 4) is 5.75 Å². The Kier molecular flexibility index (Phi) is 5.11. The van der Waals surface area contributed by atoms with E-state index in [-0.39, 0.29) is 6.03 Å². The molecule has 2 N–H and O–H groups in total. The number of benzene rings is 1. The zero-order chi connectivity index (χ0) is 17.1. The highest BCUT2D eigenvalue weighted by Crippen LogP contribution is 2.28. The molecule has 0 aromatic heterocycles. The second-order valence-electron chi connectivity index (χ2n) is 7.66. The molecule has 0 unspecified atom stereocenters. The minimum atomic E-state index is -0.0603. The molecule has 3 aliphatic rings. The van der Waals surface area contributed by atoms with Crippen LogP contribution in [0.3, 0.4) is 0 Å². The van der Waals surface area contributed by atoms with E-state index in [1.807, 2.05) is 24.3 Å². The minimum absolute atomic E-state index is 0.0603. The fourth-order valence-corrected chi connectivity index (χ4v) is 4.20. The molecule has 0 bridgehead atoms. The SMILES string of the molecule is O=C(NCc1ccccc1OC1CCC1)N[C@@H]1CCN2CCC[C@@H]2C1. The maximum atomic E-state index is 12.3. The van der Waals surface area contributed by atoms with Crippen molar-refractivity contribution < 1.29 is 9.53 Å². The normalized spacial score (nSPS) is 26.6. The lowest BCUT2D eigenvalue weighted by atomic mass is 9.96. The van der Waals surface area contributed by atoms with Crippen LogP contribution in [0.5, 0.6) is 5.75 Å². The number of fused-ring (bicyclic) bond motifs is 1. The van der Waals surface area contributed by atoms with E-state index < -0.39 is 0 Å². The number of nitrogens with one attached hydrogen (secondary N) is 2. The van der Waals surface area contributed by atoms with E-state index >= 15 is 0 Å².